The van der Waals surface area contributed by atoms with Crippen molar-refractivity contribution >= 4 is 5.97 Å². The lowest BCUT2D eigenvalue weighted by Gasteiger charge is -2.21. The van der Waals surface area contributed by atoms with E-state index in [0.29, 0.717) is 19.3 Å². The van der Waals surface area contributed by atoms with E-state index in [-0.39, 0.29) is 30.1 Å². The van der Waals surface area contributed by atoms with Crippen molar-refractivity contribution in [2.45, 2.75) is 84.0 Å². The first-order valence-corrected chi connectivity index (χ1v) is 10.4. The van der Waals surface area contributed by atoms with Crippen LogP contribution in [0.4, 0.5) is 0 Å². The van der Waals surface area contributed by atoms with Crippen molar-refractivity contribution in [1.82, 2.24) is 0 Å². The Morgan fingerprint density at radius 3 is 2.48 bits per heavy atom. The summed E-state index contributed by atoms with van der Waals surface area (Å²) in [5.41, 5.74) is 0. The third-order valence-corrected chi connectivity index (χ3v) is 5.73. The van der Waals surface area contributed by atoms with Gasteiger partial charge in [-0.05, 0) is 37.0 Å². The molecule has 27 heavy (non-hydrogen) atoms. The third kappa shape index (κ3) is 8.58. The van der Waals surface area contributed by atoms with Crippen molar-refractivity contribution in [2.75, 3.05) is 0 Å². The maximum Gasteiger partial charge on any atom is 0.303 e. The van der Waals surface area contributed by atoms with Crippen LogP contribution < -0.4 is 0 Å². The summed E-state index contributed by atoms with van der Waals surface area (Å²) in [6, 6.07) is 0. The van der Waals surface area contributed by atoms with Gasteiger partial charge in [0, 0.05) is 18.8 Å². The van der Waals surface area contributed by atoms with Gasteiger partial charge in [0.2, 0.25) is 0 Å². The molecular weight excluding hydrogens is 344 g/mol. The molecule has 156 valence electrons. The summed E-state index contributed by atoms with van der Waals surface area (Å²) in [7, 11) is 0. The van der Waals surface area contributed by atoms with Gasteiger partial charge in [-0.25, -0.2) is 0 Å². The molecule has 1 rings (SSSR count). The molecule has 4 N–H and O–H groups in total. The molecule has 0 aromatic heterocycles. The Bertz CT molecular complexity index is 487. The zero-order valence-corrected chi connectivity index (χ0v) is 17.0. The highest BCUT2D eigenvalue weighted by Gasteiger charge is 2.39. The highest BCUT2D eigenvalue weighted by atomic mass is 16.4. The molecule has 0 unspecified atom stereocenters. The van der Waals surface area contributed by atoms with E-state index in [2.05, 4.69) is 6.92 Å². The minimum atomic E-state index is -0.790. The molecule has 5 heteroatoms. The summed E-state index contributed by atoms with van der Waals surface area (Å²) >= 11 is 0. The Balaban J connectivity index is 2.61. The van der Waals surface area contributed by atoms with Crippen LogP contribution in [0.2, 0.25) is 0 Å². The van der Waals surface area contributed by atoms with Gasteiger partial charge in [-0.2, -0.15) is 0 Å². The predicted octanol–water partition coefficient (Wildman–Crippen LogP) is 3.53. The Hall–Kier alpha value is -1.17. The van der Waals surface area contributed by atoms with Crippen LogP contribution in [0.25, 0.3) is 0 Å². The van der Waals surface area contributed by atoms with Crippen LogP contribution in [0, 0.1) is 23.7 Å². The SMILES string of the molecule is CCCC[C@@H](C)[C@H](O)C=C[C@@H]1[C@@H](CC=C[C@@H](C)CCC(=O)O)[C@@H](O)C[C@H]1O. The number of allylic oxidation sites excluding steroid dienone is 2. The number of rotatable bonds is 12. The molecule has 0 aliphatic heterocycles. The lowest BCUT2D eigenvalue weighted by Crippen LogP contribution is -2.21. The van der Waals surface area contributed by atoms with Gasteiger partial charge in [0.1, 0.15) is 0 Å². The number of hydrogen-bond acceptors (Lipinski definition) is 4. The topological polar surface area (TPSA) is 98.0 Å². The van der Waals surface area contributed by atoms with Gasteiger partial charge in [0.05, 0.1) is 18.3 Å². The summed E-state index contributed by atoms with van der Waals surface area (Å²) in [6.45, 7) is 6.14. The average molecular weight is 383 g/mol. The van der Waals surface area contributed by atoms with Crippen LogP contribution in [0.3, 0.4) is 0 Å². The number of hydrogen-bond donors (Lipinski definition) is 4. The minimum Gasteiger partial charge on any atom is -0.481 e. The second-order valence-electron chi connectivity index (χ2n) is 8.18. The van der Waals surface area contributed by atoms with Gasteiger partial charge >= 0.3 is 5.97 Å². The maximum atomic E-state index is 10.6. The van der Waals surface area contributed by atoms with Crippen LogP contribution in [0.15, 0.2) is 24.3 Å². The minimum absolute atomic E-state index is 0.0858. The standard InChI is InChI=1S/C22H38O5/c1-4-5-8-16(3)19(23)12-11-18-17(20(24)14-21(18)25)9-6-7-15(2)10-13-22(26)27/h6-7,11-12,15-21,23-25H,4-5,8-10,13-14H2,1-3H3,(H,26,27)/t15-,16-,17-,18-,19-,20+,21-/m1/s1. The van der Waals surface area contributed by atoms with Crippen LogP contribution in [-0.2, 0) is 4.79 Å². The molecule has 0 radical (unpaired) electrons. The maximum absolute atomic E-state index is 10.6. The van der Waals surface area contributed by atoms with Gasteiger partial charge in [-0.3, -0.25) is 4.79 Å². The van der Waals surface area contributed by atoms with E-state index < -0.39 is 24.3 Å². The summed E-state index contributed by atoms with van der Waals surface area (Å²) in [6.07, 6.45) is 10.8. The first-order valence-electron chi connectivity index (χ1n) is 10.4. The Labute approximate surface area is 163 Å². The molecule has 1 saturated carbocycles. The highest BCUT2D eigenvalue weighted by molar-refractivity contribution is 5.66. The smallest absolute Gasteiger partial charge is 0.303 e. The number of carboxylic acids is 1. The van der Waals surface area contributed by atoms with Gasteiger partial charge in [0.15, 0.2) is 0 Å². The van der Waals surface area contributed by atoms with Crippen LogP contribution in [0.1, 0.15) is 65.7 Å². The van der Waals surface area contributed by atoms with Gasteiger partial charge in [0.25, 0.3) is 0 Å². The number of aliphatic carboxylic acids is 1. The average Bonchev–Trinajstić information content (AvgIpc) is 2.88. The first-order chi connectivity index (χ1) is 12.8. The van der Waals surface area contributed by atoms with Gasteiger partial charge < -0.3 is 20.4 Å². The normalized spacial score (nSPS) is 29.4. The molecule has 0 saturated heterocycles. The van der Waals surface area contributed by atoms with Crippen LogP contribution in [0.5, 0.6) is 0 Å². The van der Waals surface area contributed by atoms with E-state index in [0.717, 1.165) is 19.3 Å². The van der Waals surface area contributed by atoms with E-state index in [1.807, 2.05) is 32.1 Å². The van der Waals surface area contributed by atoms with E-state index in [9.17, 15) is 20.1 Å². The number of carbonyl (C=O) groups is 1. The van der Waals surface area contributed by atoms with E-state index in [1.165, 1.54) is 0 Å². The summed E-state index contributed by atoms with van der Waals surface area (Å²) < 4.78 is 0. The van der Waals surface area contributed by atoms with E-state index >= 15 is 0 Å². The molecule has 0 aromatic carbocycles. The van der Waals surface area contributed by atoms with Crippen molar-refractivity contribution in [3.05, 3.63) is 24.3 Å². The quantitative estimate of drug-likeness (QED) is 0.387. The molecule has 1 fully saturated rings. The van der Waals surface area contributed by atoms with Crippen molar-refractivity contribution in [3.63, 3.8) is 0 Å². The molecule has 5 nitrogen and oxygen atoms in total. The predicted molar refractivity (Wildman–Crippen MR) is 107 cm³/mol. The molecule has 0 spiro atoms. The van der Waals surface area contributed by atoms with E-state index in [4.69, 9.17) is 5.11 Å². The van der Waals surface area contributed by atoms with Crippen LogP contribution in [-0.4, -0.2) is 44.7 Å². The Morgan fingerprint density at radius 1 is 1.15 bits per heavy atom. The number of aliphatic hydroxyl groups is 3. The molecule has 0 bridgehead atoms. The second kappa shape index (κ2) is 12.3. The van der Waals surface area contributed by atoms with Gasteiger partial charge in [-0.15, -0.1) is 0 Å². The molecule has 0 amide bonds. The van der Waals surface area contributed by atoms with Crippen molar-refractivity contribution in [3.8, 4) is 0 Å². The first kappa shape index (κ1) is 23.9. The lowest BCUT2D eigenvalue weighted by molar-refractivity contribution is -0.137. The number of aliphatic hydroxyl groups excluding tert-OH is 3. The lowest BCUT2D eigenvalue weighted by atomic mass is 9.88. The van der Waals surface area contributed by atoms with Crippen molar-refractivity contribution in [2.24, 2.45) is 23.7 Å². The monoisotopic (exact) mass is 382 g/mol. The molecular formula is C22H38O5. The Morgan fingerprint density at radius 2 is 1.85 bits per heavy atom. The zero-order valence-electron chi connectivity index (χ0n) is 17.0. The van der Waals surface area contributed by atoms with Crippen molar-refractivity contribution < 1.29 is 25.2 Å². The summed E-state index contributed by atoms with van der Waals surface area (Å²) in [5.74, 6) is -0.705. The second-order valence-corrected chi connectivity index (χ2v) is 8.18. The number of unbranched alkanes of at least 4 members (excludes halogenated alkanes) is 1. The molecule has 1 aliphatic carbocycles. The van der Waals surface area contributed by atoms with E-state index in [1.54, 1.807) is 6.08 Å². The third-order valence-electron chi connectivity index (χ3n) is 5.73. The molecule has 1 aliphatic rings. The summed E-state index contributed by atoms with van der Waals surface area (Å²) in [4.78, 5) is 10.6. The fourth-order valence-electron chi connectivity index (χ4n) is 3.75. The number of carboxylic acid groups (broad SMARTS) is 1. The molecule has 7 atom stereocenters. The molecule has 0 aromatic rings. The highest BCUT2D eigenvalue weighted by Crippen LogP contribution is 2.36. The Kier molecular flexibility index (Phi) is 10.9. The molecule has 0 heterocycles. The van der Waals surface area contributed by atoms with Crippen LogP contribution >= 0.6 is 0 Å². The summed E-state index contributed by atoms with van der Waals surface area (Å²) in [5, 5.41) is 39.6. The van der Waals surface area contributed by atoms with Gasteiger partial charge in [-0.1, -0.05) is 57.9 Å². The largest absolute Gasteiger partial charge is 0.481 e. The zero-order chi connectivity index (χ0) is 20.4. The fourth-order valence-corrected chi connectivity index (χ4v) is 3.75. The van der Waals surface area contributed by atoms with Crippen molar-refractivity contribution in [1.29, 1.82) is 0 Å². The fraction of sp³-hybridized carbons (Fsp3) is 0.773.